The summed E-state index contributed by atoms with van der Waals surface area (Å²) < 4.78 is 4.29. The minimum Gasteiger partial charge on any atom is -0.326 e. The van der Waals surface area contributed by atoms with Gasteiger partial charge in [0.1, 0.15) is 11.1 Å². The van der Waals surface area contributed by atoms with Gasteiger partial charge in [-0.25, -0.2) is 4.98 Å². The average molecular weight is 335 g/mol. The molecule has 0 aliphatic heterocycles. The summed E-state index contributed by atoms with van der Waals surface area (Å²) in [5.74, 6) is 0. The van der Waals surface area contributed by atoms with Crippen molar-refractivity contribution in [3.05, 3.63) is 53.2 Å². The third-order valence-corrected chi connectivity index (χ3v) is 5.57. The number of rotatable bonds is 3. The first kappa shape index (κ1) is 16.1. The van der Waals surface area contributed by atoms with Crippen molar-refractivity contribution in [3.8, 4) is 0 Å². The van der Waals surface area contributed by atoms with E-state index in [0.29, 0.717) is 18.1 Å². The van der Waals surface area contributed by atoms with Crippen LogP contribution >= 0.6 is 0 Å². The van der Waals surface area contributed by atoms with Gasteiger partial charge in [-0.15, -0.1) is 0 Å². The van der Waals surface area contributed by atoms with Crippen LogP contribution in [0.2, 0.25) is 0 Å². The maximum absolute atomic E-state index is 8.74. The molecule has 1 saturated carbocycles. The molecule has 0 amide bonds. The van der Waals surface area contributed by atoms with Gasteiger partial charge in [0, 0.05) is 17.9 Å². The van der Waals surface area contributed by atoms with Crippen molar-refractivity contribution in [2.45, 2.75) is 58.5 Å². The van der Waals surface area contributed by atoms with Crippen LogP contribution in [0.5, 0.6) is 0 Å². The number of hydrogen-bond donors (Lipinski definition) is 1. The Balaban J connectivity index is 1.82. The minimum atomic E-state index is 0.531. The first-order valence-electron chi connectivity index (χ1n) is 9.18. The number of aryl methyl sites for hydroxylation is 1. The Hall–Kier alpha value is -2.43. The van der Waals surface area contributed by atoms with E-state index in [1.807, 2.05) is 22.8 Å². The van der Waals surface area contributed by atoms with Crippen molar-refractivity contribution in [3.63, 3.8) is 0 Å². The molecule has 1 aliphatic rings. The molecule has 25 heavy (non-hydrogen) atoms. The van der Waals surface area contributed by atoms with E-state index in [1.165, 1.54) is 43.4 Å². The third kappa shape index (κ3) is 2.77. The Bertz CT molecular complexity index is 946. The molecule has 0 saturated heterocycles. The van der Waals surface area contributed by atoms with E-state index in [0.717, 1.165) is 16.7 Å². The fourth-order valence-electron chi connectivity index (χ4n) is 4.12. The molecule has 0 unspecified atom stereocenters. The van der Waals surface area contributed by atoms with E-state index in [1.54, 1.807) is 12.5 Å². The van der Waals surface area contributed by atoms with E-state index in [2.05, 4.69) is 23.4 Å². The monoisotopic (exact) mass is 335 g/mol. The predicted octanol–water partition coefficient (Wildman–Crippen LogP) is 3.88. The Labute approximate surface area is 147 Å². The van der Waals surface area contributed by atoms with Crippen LogP contribution < -0.4 is 5.49 Å². The second-order valence-electron chi connectivity index (χ2n) is 7.11. The lowest BCUT2D eigenvalue weighted by atomic mass is 9.95. The number of nitrogens with one attached hydrogen (secondary N) is 1. The Morgan fingerprint density at radius 3 is 2.64 bits per heavy atom. The molecule has 1 N–H and O–H groups in total. The van der Waals surface area contributed by atoms with E-state index < -0.39 is 0 Å². The van der Waals surface area contributed by atoms with Crippen molar-refractivity contribution in [2.24, 2.45) is 0 Å². The fraction of sp³-hybridized carbons (Fsp3) is 0.450. The lowest BCUT2D eigenvalue weighted by molar-refractivity contribution is 0.355. The van der Waals surface area contributed by atoms with Gasteiger partial charge in [-0.05, 0) is 44.4 Å². The Morgan fingerprint density at radius 1 is 1.12 bits per heavy atom. The van der Waals surface area contributed by atoms with Crippen LogP contribution in [0.1, 0.15) is 55.1 Å². The molecule has 3 heterocycles. The summed E-state index contributed by atoms with van der Waals surface area (Å²) in [4.78, 5) is 9.15. The lowest BCUT2D eigenvalue weighted by Crippen LogP contribution is -2.22. The first-order chi connectivity index (χ1) is 12.2. The largest absolute Gasteiger partial charge is 0.326 e. The highest BCUT2D eigenvalue weighted by molar-refractivity contribution is 5.80. The van der Waals surface area contributed by atoms with Gasteiger partial charge in [0.15, 0.2) is 0 Å². The van der Waals surface area contributed by atoms with Gasteiger partial charge < -0.3 is 9.13 Å². The molecule has 130 valence electrons. The van der Waals surface area contributed by atoms with Crippen molar-refractivity contribution in [2.75, 3.05) is 0 Å². The molecule has 0 atom stereocenters. The highest BCUT2D eigenvalue weighted by Gasteiger charge is 2.22. The quantitative estimate of drug-likeness (QED) is 0.789. The zero-order valence-corrected chi connectivity index (χ0v) is 15.0. The van der Waals surface area contributed by atoms with Gasteiger partial charge in [-0.3, -0.25) is 10.4 Å². The van der Waals surface area contributed by atoms with E-state index >= 15 is 0 Å². The van der Waals surface area contributed by atoms with Crippen LogP contribution in [0.15, 0.2) is 30.7 Å². The van der Waals surface area contributed by atoms with E-state index in [4.69, 9.17) is 10.4 Å². The summed E-state index contributed by atoms with van der Waals surface area (Å²) in [5.41, 5.74) is 4.91. The second-order valence-corrected chi connectivity index (χ2v) is 7.11. The smallest absolute Gasteiger partial charge is 0.146 e. The molecule has 0 spiro atoms. The SMILES string of the molecule is Cc1c(C)n(C2CCCCC2)c2ncn(Cc3ccccn3)c(=N)c12. The molecule has 1 aliphatic carbocycles. The maximum atomic E-state index is 8.74. The van der Waals surface area contributed by atoms with Crippen LogP contribution in [0.25, 0.3) is 11.0 Å². The standard InChI is InChI=1S/C20H25N5/c1-14-15(2)25(17-9-4-3-5-10-17)20-18(14)19(21)24(13-23-20)12-16-8-6-7-11-22-16/h6-8,11,13,17,21H,3-5,9-10,12H2,1-2H3. The number of pyridine rings is 1. The second kappa shape index (κ2) is 6.47. The van der Waals surface area contributed by atoms with Crippen LogP contribution in [-0.2, 0) is 6.54 Å². The number of nitrogens with zero attached hydrogens (tertiary/aromatic N) is 4. The van der Waals surface area contributed by atoms with Crippen molar-refractivity contribution in [1.82, 2.24) is 19.1 Å². The summed E-state index contributed by atoms with van der Waals surface area (Å²) >= 11 is 0. The average Bonchev–Trinajstić information content (AvgIpc) is 2.90. The zero-order valence-electron chi connectivity index (χ0n) is 15.0. The van der Waals surface area contributed by atoms with E-state index in [9.17, 15) is 0 Å². The Morgan fingerprint density at radius 2 is 1.92 bits per heavy atom. The minimum absolute atomic E-state index is 0.531. The maximum Gasteiger partial charge on any atom is 0.146 e. The van der Waals surface area contributed by atoms with Crippen LogP contribution in [-0.4, -0.2) is 19.1 Å². The van der Waals surface area contributed by atoms with Gasteiger partial charge in [-0.1, -0.05) is 25.3 Å². The van der Waals surface area contributed by atoms with Crippen LogP contribution in [0.3, 0.4) is 0 Å². The molecular formula is C20H25N5. The molecule has 0 aromatic carbocycles. The zero-order chi connectivity index (χ0) is 17.4. The molecule has 0 bridgehead atoms. The summed E-state index contributed by atoms with van der Waals surface area (Å²) in [6, 6.07) is 6.41. The molecule has 3 aromatic heterocycles. The predicted molar refractivity (Wildman–Crippen MR) is 98.5 cm³/mol. The van der Waals surface area contributed by atoms with Crippen LogP contribution in [0, 0.1) is 19.3 Å². The van der Waals surface area contributed by atoms with Crippen molar-refractivity contribution in [1.29, 1.82) is 5.41 Å². The normalized spacial score (nSPS) is 15.8. The van der Waals surface area contributed by atoms with Gasteiger partial charge in [0.25, 0.3) is 0 Å². The van der Waals surface area contributed by atoms with Crippen molar-refractivity contribution < 1.29 is 0 Å². The topological polar surface area (TPSA) is 59.5 Å². The molecule has 4 rings (SSSR count). The molecule has 5 nitrogen and oxygen atoms in total. The molecule has 1 fully saturated rings. The third-order valence-electron chi connectivity index (χ3n) is 5.57. The van der Waals surface area contributed by atoms with Gasteiger partial charge in [-0.2, -0.15) is 0 Å². The first-order valence-corrected chi connectivity index (χ1v) is 9.18. The number of fused-ring (bicyclic) bond motifs is 1. The van der Waals surface area contributed by atoms with Gasteiger partial charge >= 0.3 is 0 Å². The van der Waals surface area contributed by atoms with Crippen LogP contribution in [0.4, 0.5) is 0 Å². The number of aromatic nitrogens is 4. The van der Waals surface area contributed by atoms with E-state index in [-0.39, 0.29) is 0 Å². The Kier molecular flexibility index (Phi) is 4.15. The van der Waals surface area contributed by atoms with Crippen molar-refractivity contribution >= 4 is 11.0 Å². The highest BCUT2D eigenvalue weighted by Crippen LogP contribution is 2.33. The molecule has 3 aromatic rings. The number of hydrogen-bond acceptors (Lipinski definition) is 3. The fourth-order valence-corrected chi connectivity index (χ4v) is 4.12. The highest BCUT2D eigenvalue weighted by atomic mass is 15.1. The van der Waals surface area contributed by atoms with Gasteiger partial charge in [0.05, 0.1) is 24.0 Å². The summed E-state index contributed by atoms with van der Waals surface area (Å²) in [6.45, 7) is 4.88. The molecule has 0 radical (unpaired) electrons. The van der Waals surface area contributed by atoms with Gasteiger partial charge in [0.2, 0.25) is 0 Å². The summed E-state index contributed by atoms with van der Waals surface area (Å²) in [6.07, 6.45) is 9.98. The lowest BCUT2D eigenvalue weighted by Gasteiger charge is -2.25. The molecule has 5 heteroatoms. The summed E-state index contributed by atoms with van der Waals surface area (Å²) in [5, 5.41) is 9.72. The summed E-state index contributed by atoms with van der Waals surface area (Å²) in [7, 11) is 0. The molecular weight excluding hydrogens is 310 g/mol.